The Morgan fingerprint density at radius 1 is 0.541 bits per heavy atom. The number of rotatable bonds is 46. The van der Waals surface area contributed by atoms with Crippen LogP contribution in [0.25, 0.3) is 0 Å². The Hall–Kier alpha value is -2.37. The van der Waals surface area contributed by atoms with Gasteiger partial charge in [0.15, 0.2) is 11.9 Å². The van der Waals surface area contributed by atoms with E-state index in [1.54, 1.807) is 12.2 Å². The topological polar surface area (TPSA) is 189 Å². The summed E-state index contributed by atoms with van der Waals surface area (Å²) in [5.41, 5.74) is 5.33. The van der Waals surface area contributed by atoms with Crippen molar-refractivity contribution in [1.82, 2.24) is 0 Å². The number of nitrogens with two attached hydrogens (primary N) is 1. The fourth-order valence-corrected chi connectivity index (χ4v) is 7.59. The van der Waals surface area contributed by atoms with E-state index in [9.17, 15) is 28.6 Å². The SMILES string of the molecule is CCCCC/C=C\C=C\C(=O)CCCCCCCC(=O)O[C@H](COC(=O)CCCCCCCCCCCCCCCCCCCCCCC)COP(=O)(O)OC[C@H](N)C(=O)O. The third-order valence-corrected chi connectivity index (χ3v) is 11.6. The Kier molecular flexibility index (Phi) is 41.2. The van der Waals surface area contributed by atoms with Crippen LogP contribution in [0.15, 0.2) is 24.3 Å². The number of unbranched alkanes of at least 4 members (excludes halogenated alkanes) is 27. The molecule has 0 aliphatic carbocycles. The molecule has 4 N–H and O–H groups in total. The summed E-state index contributed by atoms with van der Waals surface area (Å²) in [5, 5.41) is 8.90. The molecule has 0 fully saturated rings. The van der Waals surface area contributed by atoms with Crippen molar-refractivity contribution < 1.29 is 52.3 Å². The highest BCUT2D eigenvalue weighted by Crippen LogP contribution is 2.43. The van der Waals surface area contributed by atoms with Crippen molar-refractivity contribution in [3.05, 3.63) is 24.3 Å². The van der Waals surface area contributed by atoms with Gasteiger partial charge in [0.25, 0.3) is 0 Å². The van der Waals surface area contributed by atoms with Crippen LogP contribution in [0.1, 0.15) is 226 Å². The van der Waals surface area contributed by atoms with E-state index in [1.807, 2.05) is 6.08 Å². The van der Waals surface area contributed by atoms with Crippen LogP contribution in [0.5, 0.6) is 0 Å². The smallest absolute Gasteiger partial charge is 0.472 e. The van der Waals surface area contributed by atoms with Crippen molar-refractivity contribution in [3.63, 3.8) is 0 Å². The first-order valence-electron chi connectivity index (χ1n) is 24.3. The van der Waals surface area contributed by atoms with Gasteiger partial charge in [-0.1, -0.05) is 193 Å². The minimum Gasteiger partial charge on any atom is -0.480 e. The Bertz CT molecular complexity index is 1190. The molecule has 0 aromatic rings. The van der Waals surface area contributed by atoms with Crippen LogP contribution in [-0.2, 0) is 42.3 Å². The standard InChI is InChI=1S/C48H88NO11P/c1-3-5-7-9-11-12-13-14-15-16-17-18-19-20-21-22-23-24-26-30-34-38-46(51)57-40-44(41-58-61(55,56)59-42-45(49)48(53)54)60-47(52)39-35-31-27-29-33-37-43(50)36-32-28-25-10-8-6-4-2/h25,28,32,36,44-45H,3-24,26-27,29-31,33-35,37-42,49H2,1-2H3,(H,53,54)(H,55,56)/b28-25-,36-32+/t44-,45+/m1/s1. The number of carbonyl (C=O) groups is 4. The molecule has 0 aromatic heterocycles. The number of carboxylic acids is 1. The van der Waals surface area contributed by atoms with E-state index in [2.05, 4.69) is 24.4 Å². The van der Waals surface area contributed by atoms with E-state index in [1.165, 1.54) is 122 Å². The van der Waals surface area contributed by atoms with Crippen molar-refractivity contribution >= 4 is 31.5 Å². The maximum atomic E-state index is 12.6. The van der Waals surface area contributed by atoms with E-state index < -0.39 is 51.1 Å². The third-order valence-electron chi connectivity index (χ3n) is 10.7. The normalized spacial score (nSPS) is 13.7. The minimum absolute atomic E-state index is 0.0803. The lowest BCUT2D eigenvalue weighted by molar-refractivity contribution is -0.161. The monoisotopic (exact) mass is 886 g/mol. The number of allylic oxidation sites excluding steroid dienone is 4. The second-order valence-electron chi connectivity index (χ2n) is 16.6. The van der Waals surface area contributed by atoms with E-state index in [4.69, 9.17) is 24.8 Å². The Morgan fingerprint density at radius 3 is 1.43 bits per heavy atom. The molecule has 0 rings (SSSR count). The Balaban J connectivity index is 4.29. The number of carbonyl (C=O) groups excluding carboxylic acids is 3. The summed E-state index contributed by atoms with van der Waals surface area (Å²) in [6.07, 6.45) is 42.1. The molecule has 0 bridgehead atoms. The molecule has 356 valence electrons. The molecular weight excluding hydrogens is 797 g/mol. The number of esters is 2. The van der Waals surface area contributed by atoms with E-state index >= 15 is 0 Å². The predicted molar refractivity (Wildman–Crippen MR) is 245 cm³/mol. The molecular formula is C48H88NO11P. The van der Waals surface area contributed by atoms with Crippen LogP contribution in [0.4, 0.5) is 0 Å². The summed E-state index contributed by atoms with van der Waals surface area (Å²) in [4.78, 5) is 58.1. The molecule has 0 radical (unpaired) electrons. The molecule has 0 aliphatic heterocycles. The molecule has 12 nitrogen and oxygen atoms in total. The zero-order chi connectivity index (χ0) is 45.1. The number of ether oxygens (including phenoxy) is 2. The minimum atomic E-state index is -4.75. The van der Waals surface area contributed by atoms with Crippen LogP contribution >= 0.6 is 7.82 Å². The highest BCUT2D eigenvalue weighted by Gasteiger charge is 2.28. The van der Waals surface area contributed by atoms with Gasteiger partial charge in [0.05, 0.1) is 13.2 Å². The van der Waals surface area contributed by atoms with Gasteiger partial charge in [0.2, 0.25) is 0 Å². The molecule has 0 spiro atoms. The summed E-state index contributed by atoms with van der Waals surface area (Å²) in [6.45, 7) is 2.66. The maximum Gasteiger partial charge on any atom is 0.472 e. The number of ketones is 1. The maximum absolute atomic E-state index is 12.6. The molecule has 0 aromatic carbocycles. The summed E-state index contributed by atoms with van der Waals surface area (Å²) >= 11 is 0. The van der Waals surface area contributed by atoms with Gasteiger partial charge in [-0.2, -0.15) is 0 Å². The van der Waals surface area contributed by atoms with E-state index in [0.717, 1.165) is 57.8 Å². The van der Waals surface area contributed by atoms with Gasteiger partial charge in [-0.15, -0.1) is 0 Å². The lowest BCUT2D eigenvalue weighted by Crippen LogP contribution is -2.34. The molecule has 1 unspecified atom stereocenters. The summed E-state index contributed by atoms with van der Waals surface area (Å²) < 4.78 is 32.7. The quantitative estimate of drug-likeness (QED) is 0.0173. The van der Waals surface area contributed by atoms with Gasteiger partial charge in [-0.25, -0.2) is 4.57 Å². The van der Waals surface area contributed by atoms with Crippen LogP contribution in [-0.4, -0.2) is 65.7 Å². The molecule has 13 heteroatoms. The van der Waals surface area contributed by atoms with Gasteiger partial charge >= 0.3 is 25.7 Å². The van der Waals surface area contributed by atoms with Crippen molar-refractivity contribution in [3.8, 4) is 0 Å². The van der Waals surface area contributed by atoms with Crippen LogP contribution in [0, 0.1) is 0 Å². The molecule has 3 atom stereocenters. The third kappa shape index (κ3) is 42.7. The molecule has 0 saturated heterocycles. The Morgan fingerprint density at radius 2 is 0.951 bits per heavy atom. The fourth-order valence-electron chi connectivity index (χ4n) is 6.81. The summed E-state index contributed by atoms with van der Waals surface area (Å²) in [5.74, 6) is -2.38. The first kappa shape index (κ1) is 58.6. The second kappa shape index (κ2) is 42.9. The molecule has 61 heavy (non-hydrogen) atoms. The van der Waals surface area contributed by atoms with Gasteiger partial charge < -0.3 is 25.2 Å². The molecule has 0 aliphatic rings. The van der Waals surface area contributed by atoms with Gasteiger partial charge in [0.1, 0.15) is 12.6 Å². The Labute approximate surface area is 370 Å². The highest BCUT2D eigenvalue weighted by molar-refractivity contribution is 7.47. The molecule has 0 heterocycles. The van der Waals surface area contributed by atoms with E-state index in [0.29, 0.717) is 19.3 Å². The summed E-state index contributed by atoms with van der Waals surface area (Å²) in [7, 11) is -4.75. The number of hydrogen-bond acceptors (Lipinski definition) is 10. The lowest BCUT2D eigenvalue weighted by Gasteiger charge is -2.20. The number of aliphatic carboxylic acids is 1. The lowest BCUT2D eigenvalue weighted by atomic mass is 10.0. The van der Waals surface area contributed by atoms with Gasteiger partial charge in [-0.3, -0.25) is 28.2 Å². The van der Waals surface area contributed by atoms with Crippen molar-refractivity contribution in [2.75, 3.05) is 19.8 Å². The molecule has 0 saturated carbocycles. The van der Waals surface area contributed by atoms with Crippen molar-refractivity contribution in [2.24, 2.45) is 5.73 Å². The first-order chi connectivity index (χ1) is 29.5. The van der Waals surface area contributed by atoms with E-state index in [-0.39, 0.29) is 25.2 Å². The summed E-state index contributed by atoms with van der Waals surface area (Å²) in [6, 6.07) is -1.54. The fraction of sp³-hybridized carbons (Fsp3) is 0.833. The predicted octanol–water partition coefficient (Wildman–Crippen LogP) is 12.6. The molecule has 0 amide bonds. The van der Waals surface area contributed by atoms with Crippen LogP contribution < -0.4 is 5.73 Å². The number of carboxylic acid groups (broad SMARTS) is 1. The van der Waals surface area contributed by atoms with Gasteiger partial charge in [-0.05, 0) is 38.2 Å². The largest absolute Gasteiger partial charge is 0.480 e. The average Bonchev–Trinajstić information content (AvgIpc) is 3.23. The van der Waals surface area contributed by atoms with Gasteiger partial charge in [0, 0.05) is 19.3 Å². The van der Waals surface area contributed by atoms with Crippen LogP contribution in [0.2, 0.25) is 0 Å². The zero-order valence-corrected chi connectivity index (χ0v) is 39.4. The van der Waals surface area contributed by atoms with Crippen molar-refractivity contribution in [2.45, 2.75) is 238 Å². The van der Waals surface area contributed by atoms with Crippen molar-refractivity contribution in [1.29, 1.82) is 0 Å². The number of phosphoric acid groups is 1. The average molecular weight is 886 g/mol. The number of hydrogen-bond donors (Lipinski definition) is 3. The highest BCUT2D eigenvalue weighted by atomic mass is 31.2. The zero-order valence-electron chi connectivity index (χ0n) is 38.5. The second-order valence-corrected chi connectivity index (χ2v) is 18.1. The van der Waals surface area contributed by atoms with Crippen LogP contribution in [0.3, 0.4) is 0 Å². The number of phosphoric ester groups is 1. The first-order valence-corrected chi connectivity index (χ1v) is 25.8.